The largest absolute Gasteiger partial charge is 0.419 e. The van der Waals surface area contributed by atoms with E-state index in [0.29, 0.717) is 11.8 Å². The van der Waals surface area contributed by atoms with Gasteiger partial charge < -0.3 is 5.32 Å². The van der Waals surface area contributed by atoms with Crippen LogP contribution in [0.25, 0.3) is 0 Å². The molecule has 1 N–H and O–H groups in total. The van der Waals surface area contributed by atoms with E-state index < -0.39 is 17.6 Å². The molecule has 6 heteroatoms. The first-order valence-corrected chi connectivity index (χ1v) is 3.49. The Balaban J connectivity index is 0.00000169. The molecule has 1 aromatic rings. The third-order valence-electron chi connectivity index (χ3n) is 1.56. The molecule has 1 nitrogen and oxygen atoms in total. The van der Waals surface area contributed by atoms with Crippen molar-refractivity contribution in [2.24, 2.45) is 0 Å². The molecule has 1 aromatic carbocycles. The highest BCUT2D eigenvalue weighted by Gasteiger charge is 2.33. The van der Waals surface area contributed by atoms with Gasteiger partial charge in [-0.3, -0.25) is 0 Å². The van der Waals surface area contributed by atoms with Crippen LogP contribution in [0.15, 0.2) is 18.2 Å². The van der Waals surface area contributed by atoms with Gasteiger partial charge in [0, 0.05) is 12.7 Å². The molecular formula is C8H8ClF4N. The number of hydrogen-bond donors (Lipinski definition) is 1. The van der Waals surface area contributed by atoms with Gasteiger partial charge >= 0.3 is 6.18 Å². The lowest BCUT2D eigenvalue weighted by atomic mass is 10.2. The van der Waals surface area contributed by atoms with Crippen LogP contribution in [0.4, 0.5) is 23.2 Å². The lowest BCUT2D eigenvalue weighted by molar-refractivity contribution is -0.139. The molecule has 0 unspecified atom stereocenters. The topological polar surface area (TPSA) is 12.0 Å². The molecule has 0 amide bonds. The summed E-state index contributed by atoms with van der Waals surface area (Å²) >= 11 is 0. The van der Waals surface area contributed by atoms with Gasteiger partial charge in [-0.1, -0.05) is 0 Å². The van der Waals surface area contributed by atoms with Crippen molar-refractivity contribution < 1.29 is 17.6 Å². The van der Waals surface area contributed by atoms with Gasteiger partial charge in [-0.05, 0) is 18.2 Å². The van der Waals surface area contributed by atoms with Gasteiger partial charge in [0.2, 0.25) is 0 Å². The molecule has 0 aliphatic heterocycles. The maximum Gasteiger partial charge on any atom is 0.419 e. The zero-order chi connectivity index (χ0) is 10.1. The van der Waals surface area contributed by atoms with Crippen molar-refractivity contribution in [1.82, 2.24) is 0 Å². The van der Waals surface area contributed by atoms with Crippen LogP contribution in [0.1, 0.15) is 5.56 Å². The second-order valence-corrected chi connectivity index (χ2v) is 2.44. The fourth-order valence-corrected chi connectivity index (χ4v) is 0.901. The van der Waals surface area contributed by atoms with Gasteiger partial charge in [-0.2, -0.15) is 13.2 Å². The quantitative estimate of drug-likeness (QED) is 0.729. The van der Waals surface area contributed by atoms with Gasteiger partial charge in [-0.15, -0.1) is 12.4 Å². The van der Waals surface area contributed by atoms with Crippen LogP contribution in [0.5, 0.6) is 0 Å². The molecule has 80 valence electrons. The molecule has 0 spiro atoms. The molecular weight excluding hydrogens is 222 g/mol. The van der Waals surface area contributed by atoms with E-state index in [0.717, 1.165) is 6.07 Å². The second-order valence-electron chi connectivity index (χ2n) is 2.44. The Morgan fingerprint density at radius 2 is 1.79 bits per heavy atom. The predicted octanol–water partition coefficient (Wildman–Crippen LogP) is 3.31. The second kappa shape index (κ2) is 4.50. The Kier molecular flexibility index (Phi) is 4.19. The molecule has 0 radical (unpaired) electrons. The average Bonchev–Trinajstić information content (AvgIpc) is 2.01. The summed E-state index contributed by atoms with van der Waals surface area (Å²) in [5.74, 6) is -1.26. The zero-order valence-corrected chi connectivity index (χ0v) is 7.97. The number of rotatable bonds is 1. The normalized spacial score (nSPS) is 10.6. The molecule has 0 heterocycles. The molecule has 0 saturated heterocycles. The van der Waals surface area contributed by atoms with Crippen molar-refractivity contribution in [3.8, 4) is 0 Å². The van der Waals surface area contributed by atoms with Gasteiger partial charge in [0.1, 0.15) is 5.82 Å². The fourth-order valence-electron chi connectivity index (χ4n) is 0.901. The number of benzene rings is 1. The third-order valence-corrected chi connectivity index (χ3v) is 1.56. The van der Waals surface area contributed by atoms with Gasteiger partial charge in [-0.25, -0.2) is 4.39 Å². The Bertz CT molecular complexity index is 311. The van der Waals surface area contributed by atoms with Crippen LogP contribution >= 0.6 is 12.4 Å². The van der Waals surface area contributed by atoms with E-state index in [2.05, 4.69) is 5.32 Å². The Morgan fingerprint density at radius 1 is 1.21 bits per heavy atom. The Hall–Kier alpha value is -0.970. The number of hydrogen-bond acceptors (Lipinski definition) is 1. The Morgan fingerprint density at radius 3 is 2.14 bits per heavy atom. The number of alkyl halides is 3. The van der Waals surface area contributed by atoms with E-state index in [1.54, 1.807) is 0 Å². The highest BCUT2D eigenvalue weighted by Crippen LogP contribution is 2.32. The van der Waals surface area contributed by atoms with Gasteiger partial charge in [0.25, 0.3) is 0 Å². The van der Waals surface area contributed by atoms with Crippen LogP contribution < -0.4 is 5.32 Å². The first-order chi connectivity index (χ1) is 5.95. The summed E-state index contributed by atoms with van der Waals surface area (Å²) in [6.07, 6.45) is -4.63. The molecule has 0 saturated carbocycles. The molecule has 0 aliphatic rings. The van der Waals surface area contributed by atoms with E-state index in [9.17, 15) is 17.6 Å². The number of nitrogens with one attached hydrogen (secondary N) is 1. The predicted molar refractivity (Wildman–Crippen MR) is 48.2 cm³/mol. The summed E-state index contributed by atoms with van der Waals surface area (Å²) in [5.41, 5.74) is -0.933. The standard InChI is InChI=1S/C8H7F4N.ClH/c1-13-5-2-3-6(7(9)4-5)8(10,11)12;/h2-4,13H,1H3;1H. The van der Waals surface area contributed by atoms with Crippen LogP contribution in [0, 0.1) is 5.82 Å². The number of anilines is 1. The van der Waals surface area contributed by atoms with Crippen molar-refractivity contribution in [2.75, 3.05) is 12.4 Å². The van der Waals surface area contributed by atoms with Crippen molar-refractivity contribution in [1.29, 1.82) is 0 Å². The minimum absolute atomic E-state index is 0. The summed E-state index contributed by atoms with van der Waals surface area (Å²) in [4.78, 5) is 0. The summed E-state index contributed by atoms with van der Waals surface area (Å²) < 4.78 is 48.8. The molecule has 0 aromatic heterocycles. The third kappa shape index (κ3) is 2.77. The highest BCUT2D eigenvalue weighted by atomic mass is 35.5. The van der Waals surface area contributed by atoms with Crippen LogP contribution in [-0.4, -0.2) is 7.05 Å². The van der Waals surface area contributed by atoms with Crippen molar-refractivity contribution >= 4 is 18.1 Å². The molecule has 0 aliphatic carbocycles. The van der Waals surface area contributed by atoms with E-state index in [1.165, 1.54) is 13.1 Å². The lowest BCUT2D eigenvalue weighted by Crippen LogP contribution is -2.08. The summed E-state index contributed by atoms with van der Waals surface area (Å²) in [6, 6.07) is 2.69. The van der Waals surface area contributed by atoms with Crippen LogP contribution in [-0.2, 0) is 6.18 Å². The molecule has 14 heavy (non-hydrogen) atoms. The van der Waals surface area contributed by atoms with Crippen molar-refractivity contribution in [3.63, 3.8) is 0 Å². The van der Waals surface area contributed by atoms with Crippen molar-refractivity contribution in [2.45, 2.75) is 6.18 Å². The smallest absolute Gasteiger partial charge is 0.388 e. The highest BCUT2D eigenvalue weighted by molar-refractivity contribution is 5.85. The molecule has 0 fully saturated rings. The molecule has 0 atom stereocenters. The van der Waals surface area contributed by atoms with Gasteiger partial charge in [0.15, 0.2) is 0 Å². The van der Waals surface area contributed by atoms with E-state index in [1.807, 2.05) is 0 Å². The fraction of sp³-hybridized carbons (Fsp3) is 0.250. The SMILES string of the molecule is CNc1ccc(C(F)(F)F)c(F)c1.Cl. The first-order valence-electron chi connectivity index (χ1n) is 3.49. The first kappa shape index (κ1) is 13.0. The van der Waals surface area contributed by atoms with Crippen LogP contribution in [0.3, 0.4) is 0 Å². The summed E-state index contributed by atoms with van der Waals surface area (Å²) in [7, 11) is 1.50. The monoisotopic (exact) mass is 229 g/mol. The maximum absolute atomic E-state index is 12.8. The van der Waals surface area contributed by atoms with Crippen LogP contribution in [0.2, 0.25) is 0 Å². The van der Waals surface area contributed by atoms with E-state index in [-0.39, 0.29) is 12.4 Å². The average molecular weight is 230 g/mol. The van der Waals surface area contributed by atoms with E-state index in [4.69, 9.17) is 0 Å². The molecule has 0 bridgehead atoms. The summed E-state index contributed by atoms with van der Waals surface area (Å²) in [5, 5.41) is 2.54. The number of halogens is 5. The minimum atomic E-state index is -4.63. The maximum atomic E-state index is 12.8. The summed E-state index contributed by atoms with van der Waals surface area (Å²) in [6.45, 7) is 0. The van der Waals surface area contributed by atoms with Crippen molar-refractivity contribution in [3.05, 3.63) is 29.6 Å². The zero-order valence-electron chi connectivity index (χ0n) is 7.15. The Labute approximate surface area is 84.5 Å². The lowest BCUT2D eigenvalue weighted by Gasteiger charge is -2.08. The van der Waals surface area contributed by atoms with Gasteiger partial charge in [0.05, 0.1) is 5.56 Å². The van der Waals surface area contributed by atoms with E-state index >= 15 is 0 Å². The minimum Gasteiger partial charge on any atom is -0.388 e. The molecule has 1 rings (SSSR count).